The first-order valence-electron chi connectivity index (χ1n) is 4.06. The van der Waals surface area contributed by atoms with Crippen LogP contribution in [0.2, 0.25) is 0 Å². The fraction of sp³-hybridized carbons (Fsp3) is 0.222. The second-order valence-corrected chi connectivity index (χ2v) is 3.55. The monoisotopic (exact) mass is 258 g/mol. The van der Waals surface area contributed by atoms with Crippen LogP contribution in [-0.4, -0.2) is 12.0 Å². The molecule has 1 rings (SSSR count). The van der Waals surface area contributed by atoms with Crippen molar-refractivity contribution in [3.63, 3.8) is 0 Å². The number of carbonyl (C=O) groups excluding carboxylic acids is 1. The van der Waals surface area contributed by atoms with Crippen LogP contribution in [0.3, 0.4) is 0 Å². The van der Waals surface area contributed by atoms with Crippen LogP contribution in [0.4, 0.5) is 0 Å². The van der Waals surface area contributed by atoms with Gasteiger partial charge in [0.15, 0.2) is 6.10 Å². The molecule has 3 N–H and O–H groups in total. The lowest BCUT2D eigenvalue weighted by atomic mass is 10.3. The average Bonchev–Trinajstić information content (AvgIpc) is 2.20. The van der Waals surface area contributed by atoms with Crippen LogP contribution in [0.5, 0.6) is 5.75 Å². The van der Waals surface area contributed by atoms with Crippen LogP contribution in [0.1, 0.15) is 6.92 Å². The number of carbonyl (C=O) groups is 1. The summed E-state index contributed by atoms with van der Waals surface area (Å²) in [6.45, 7) is 1.63. The van der Waals surface area contributed by atoms with Gasteiger partial charge >= 0.3 is 0 Å². The Hall–Kier alpha value is -1.07. The van der Waals surface area contributed by atoms with Crippen molar-refractivity contribution in [3.8, 4) is 5.75 Å². The minimum atomic E-state index is -0.612. The van der Waals surface area contributed by atoms with Gasteiger partial charge in [-0.05, 0) is 35.0 Å². The molecule has 1 atom stereocenters. The van der Waals surface area contributed by atoms with Crippen LogP contribution < -0.4 is 16.0 Å². The Morgan fingerprint density at radius 1 is 1.57 bits per heavy atom. The standard InChI is InChI=1S/C9H11BrN2O2/c1-6(9(13)12-11)14-8-5-3-2-4-7(8)10/h2-6H,11H2,1H3,(H,12,13)/t6-/m0/s1. The zero-order chi connectivity index (χ0) is 10.6. The third-order valence-electron chi connectivity index (χ3n) is 1.65. The van der Waals surface area contributed by atoms with Crippen molar-refractivity contribution in [1.29, 1.82) is 0 Å². The minimum Gasteiger partial charge on any atom is -0.480 e. The van der Waals surface area contributed by atoms with Gasteiger partial charge in [0.2, 0.25) is 0 Å². The van der Waals surface area contributed by atoms with E-state index in [0.717, 1.165) is 4.47 Å². The summed E-state index contributed by atoms with van der Waals surface area (Å²) in [5, 5.41) is 0. The molecule has 0 spiro atoms. The van der Waals surface area contributed by atoms with E-state index in [-0.39, 0.29) is 5.91 Å². The number of hydrazine groups is 1. The molecule has 4 nitrogen and oxygen atoms in total. The van der Waals surface area contributed by atoms with E-state index < -0.39 is 6.10 Å². The number of amides is 1. The Labute approximate surface area is 90.5 Å². The number of rotatable bonds is 3. The van der Waals surface area contributed by atoms with Crippen molar-refractivity contribution in [2.45, 2.75) is 13.0 Å². The van der Waals surface area contributed by atoms with E-state index in [1.165, 1.54) is 0 Å². The molecule has 0 unspecified atom stereocenters. The smallest absolute Gasteiger partial charge is 0.274 e. The summed E-state index contributed by atoms with van der Waals surface area (Å²) < 4.78 is 6.16. The Morgan fingerprint density at radius 3 is 2.79 bits per heavy atom. The minimum absolute atomic E-state index is 0.360. The molecule has 14 heavy (non-hydrogen) atoms. The van der Waals surface area contributed by atoms with Gasteiger partial charge in [-0.25, -0.2) is 5.84 Å². The summed E-state index contributed by atoms with van der Waals surface area (Å²) in [5.74, 6) is 5.23. The number of nitrogens with one attached hydrogen (secondary N) is 1. The van der Waals surface area contributed by atoms with Gasteiger partial charge in [0.25, 0.3) is 5.91 Å². The lowest BCUT2D eigenvalue weighted by Crippen LogP contribution is -2.40. The van der Waals surface area contributed by atoms with E-state index >= 15 is 0 Å². The molecule has 1 amide bonds. The molecule has 0 aromatic heterocycles. The van der Waals surface area contributed by atoms with Crippen molar-refractivity contribution in [3.05, 3.63) is 28.7 Å². The van der Waals surface area contributed by atoms with E-state index in [2.05, 4.69) is 15.9 Å². The van der Waals surface area contributed by atoms with Gasteiger partial charge in [-0.15, -0.1) is 0 Å². The predicted molar refractivity (Wildman–Crippen MR) is 56.6 cm³/mol. The highest BCUT2D eigenvalue weighted by atomic mass is 79.9. The quantitative estimate of drug-likeness (QED) is 0.487. The van der Waals surface area contributed by atoms with E-state index in [1.807, 2.05) is 23.6 Å². The van der Waals surface area contributed by atoms with E-state index in [0.29, 0.717) is 5.75 Å². The molecule has 1 aromatic rings. The van der Waals surface area contributed by atoms with Gasteiger partial charge < -0.3 is 4.74 Å². The first-order chi connectivity index (χ1) is 6.65. The zero-order valence-electron chi connectivity index (χ0n) is 7.66. The van der Waals surface area contributed by atoms with Gasteiger partial charge in [-0.1, -0.05) is 12.1 Å². The summed E-state index contributed by atoms with van der Waals surface area (Å²) in [7, 11) is 0. The lowest BCUT2D eigenvalue weighted by Gasteiger charge is -2.13. The van der Waals surface area contributed by atoms with Crippen molar-refractivity contribution in [1.82, 2.24) is 5.43 Å². The highest BCUT2D eigenvalue weighted by Gasteiger charge is 2.13. The number of hydrogen-bond acceptors (Lipinski definition) is 3. The molecule has 0 fully saturated rings. The maximum atomic E-state index is 11.1. The maximum absolute atomic E-state index is 11.1. The molecule has 0 aliphatic heterocycles. The topological polar surface area (TPSA) is 64.3 Å². The normalized spacial score (nSPS) is 11.9. The van der Waals surface area contributed by atoms with Gasteiger partial charge in [0.05, 0.1) is 4.47 Å². The molecule has 0 aliphatic carbocycles. The van der Waals surface area contributed by atoms with Crippen molar-refractivity contribution in [2.75, 3.05) is 0 Å². The predicted octanol–water partition coefficient (Wildman–Crippen LogP) is 1.21. The summed E-state index contributed by atoms with van der Waals surface area (Å²) in [4.78, 5) is 11.1. The third-order valence-corrected chi connectivity index (χ3v) is 2.31. The van der Waals surface area contributed by atoms with Gasteiger partial charge in [0, 0.05) is 0 Å². The first kappa shape index (κ1) is 11.0. The average molecular weight is 259 g/mol. The van der Waals surface area contributed by atoms with Crippen LogP contribution in [0.15, 0.2) is 28.7 Å². The largest absolute Gasteiger partial charge is 0.480 e. The molecule has 1 aromatic carbocycles. The van der Waals surface area contributed by atoms with Crippen LogP contribution in [-0.2, 0) is 4.79 Å². The summed E-state index contributed by atoms with van der Waals surface area (Å²) in [5.41, 5.74) is 2.03. The third kappa shape index (κ3) is 2.71. The molecular formula is C9H11BrN2O2. The highest BCUT2D eigenvalue weighted by Crippen LogP contribution is 2.24. The Kier molecular flexibility index (Phi) is 3.91. The van der Waals surface area contributed by atoms with E-state index in [4.69, 9.17) is 10.6 Å². The van der Waals surface area contributed by atoms with Crippen LogP contribution in [0.25, 0.3) is 0 Å². The second-order valence-electron chi connectivity index (χ2n) is 2.70. The molecule has 0 saturated heterocycles. The molecule has 76 valence electrons. The van der Waals surface area contributed by atoms with Crippen molar-refractivity contribution in [2.24, 2.45) is 5.84 Å². The van der Waals surface area contributed by atoms with Crippen LogP contribution >= 0.6 is 15.9 Å². The number of hydrogen-bond donors (Lipinski definition) is 2. The molecule has 0 radical (unpaired) electrons. The Balaban J connectivity index is 2.69. The number of ether oxygens (including phenoxy) is 1. The Morgan fingerprint density at radius 2 is 2.21 bits per heavy atom. The van der Waals surface area contributed by atoms with Crippen molar-refractivity contribution < 1.29 is 9.53 Å². The summed E-state index contributed by atoms with van der Waals surface area (Å²) in [6, 6.07) is 7.30. The number of para-hydroxylation sites is 1. The Bertz CT molecular complexity index is 330. The molecule has 0 aliphatic rings. The zero-order valence-corrected chi connectivity index (χ0v) is 9.24. The van der Waals surface area contributed by atoms with Crippen molar-refractivity contribution >= 4 is 21.8 Å². The van der Waals surface area contributed by atoms with Crippen LogP contribution in [0, 0.1) is 0 Å². The first-order valence-corrected chi connectivity index (χ1v) is 4.86. The molecule has 0 bridgehead atoms. The fourth-order valence-corrected chi connectivity index (χ4v) is 1.28. The molecule has 5 heteroatoms. The van der Waals surface area contributed by atoms with E-state index in [9.17, 15) is 4.79 Å². The molecular weight excluding hydrogens is 248 g/mol. The maximum Gasteiger partial charge on any atom is 0.274 e. The second kappa shape index (κ2) is 4.97. The van der Waals surface area contributed by atoms with Gasteiger partial charge in [-0.3, -0.25) is 10.2 Å². The SMILES string of the molecule is C[C@H](Oc1ccccc1Br)C(=O)NN. The number of halogens is 1. The van der Waals surface area contributed by atoms with E-state index in [1.54, 1.807) is 13.0 Å². The highest BCUT2D eigenvalue weighted by molar-refractivity contribution is 9.10. The number of nitrogens with two attached hydrogens (primary N) is 1. The molecule has 0 saturated carbocycles. The number of benzene rings is 1. The lowest BCUT2D eigenvalue weighted by molar-refractivity contribution is -0.127. The summed E-state index contributed by atoms with van der Waals surface area (Å²) >= 11 is 3.31. The van der Waals surface area contributed by atoms with Gasteiger partial charge in [0.1, 0.15) is 5.75 Å². The molecule has 0 heterocycles. The fourth-order valence-electron chi connectivity index (χ4n) is 0.902. The summed E-state index contributed by atoms with van der Waals surface area (Å²) in [6.07, 6.45) is -0.612. The van der Waals surface area contributed by atoms with Gasteiger partial charge in [-0.2, -0.15) is 0 Å².